The molecule has 0 spiro atoms. The van der Waals surface area contributed by atoms with Crippen molar-refractivity contribution in [1.82, 2.24) is 4.98 Å². The van der Waals surface area contributed by atoms with Crippen LogP contribution < -0.4 is 5.32 Å². The highest BCUT2D eigenvalue weighted by Crippen LogP contribution is 2.36. The van der Waals surface area contributed by atoms with E-state index in [1.165, 1.54) is 12.3 Å². The number of aromatic nitrogens is 1. The van der Waals surface area contributed by atoms with E-state index in [-0.39, 0.29) is 22.3 Å². The van der Waals surface area contributed by atoms with E-state index in [0.29, 0.717) is 0 Å². The number of thiazole rings is 1. The number of halogens is 4. The summed E-state index contributed by atoms with van der Waals surface area (Å²) in [6, 6.07) is 1.85. The van der Waals surface area contributed by atoms with Gasteiger partial charge in [0, 0.05) is 17.9 Å². The highest BCUT2D eigenvalue weighted by molar-refractivity contribution is 7.14. The van der Waals surface area contributed by atoms with Gasteiger partial charge in [0.2, 0.25) is 5.91 Å². The molecule has 1 N–H and O–H groups in total. The molecule has 0 fully saturated rings. The van der Waals surface area contributed by atoms with Crippen LogP contribution in [0.3, 0.4) is 0 Å². The lowest BCUT2D eigenvalue weighted by atomic mass is 10.0. The first kappa shape index (κ1) is 15.4. The molecule has 1 heterocycles. The molecule has 0 aliphatic rings. The minimum absolute atomic E-state index is 0.0123. The summed E-state index contributed by atoms with van der Waals surface area (Å²) < 4.78 is 52.3. The van der Waals surface area contributed by atoms with Crippen molar-refractivity contribution in [2.45, 2.75) is 20.0 Å². The highest BCUT2D eigenvalue weighted by atomic mass is 32.1. The maximum Gasteiger partial charge on any atom is 0.416 e. The third-order valence-electron chi connectivity index (χ3n) is 2.73. The lowest BCUT2D eigenvalue weighted by Gasteiger charge is -2.12. The molecule has 1 aromatic heterocycles. The van der Waals surface area contributed by atoms with Gasteiger partial charge in [-0.25, -0.2) is 9.37 Å². The van der Waals surface area contributed by atoms with Gasteiger partial charge in [-0.3, -0.25) is 4.79 Å². The Morgan fingerprint density at radius 3 is 2.57 bits per heavy atom. The summed E-state index contributed by atoms with van der Waals surface area (Å²) in [5.74, 6) is -1.30. The second kappa shape index (κ2) is 5.44. The van der Waals surface area contributed by atoms with E-state index < -0.39 is 23.1 Å². The van der Waals surface area contributed by atoms with Crippen molar-refractivity contribution < 1.29 is 22.4 Å². The standard InChI is InChI=1S/C13H10F4N2OS/c1-6-9(13(15,16)17)3-8(4-10(6)14)11-5-21-12(19-11)18-7(2)20/h3-5H,1-2H3,(H,18,19,20). The van der Waals surface area contributed by atoms with Crippen molar-refractivity contribution in [2.24, 2.45) is 0 Å². The van der Waals surface area contributed by atoms with E-state index in [4.69, 9.17) is 0 Å². The number of nitrogens with one attached hydrogen (secondary N) is 1. The fourth-order valence-corrected chi connectivity index (χ4v) is 2.50. The molecule has 2 rings (SSSR count). The van der Waals surface area contributed by atoms with Gasteiger partial charge in [-0.05, 0) is 24.6 Å². The molecule has 0 saturated heterocycles. The Labute approximate surface area is 121 Å². The van der Waals surface area contributed by atoms with Crippen LogP contribution in [0.25, 0.3) is 11.3 Å². The zero-order chi connectivity index (χ0) is 15.8. The van der Waals surface area contributed by atoms with Gasteiger partial charge in [0.25, 0.3) is 0 Å². The molecule has 1 amide bonds. The molecule has 2 aromatic rings. The van der Waals surface area contributed by atoms with Gasteiger partial charge in [-0.2, -0.15) is 13.2 Å². The fraction of sp³-hybridized carbons (Fsp3) is 0.231. The average Bonchev–Trinajstić information content (AvgIpc) is 2.78. The molecule has 0 aliphatic heterocycles. The molecule has 0 radical (unpaired) electrons. The number of benzene rings is 1. The molecule has 3 nitrogen and oxygen atoms in total. The Morgan fingerprint density at radius 1 is 1.33 bits per heavy atom. The second-order valence-corrected chi connectivity index (χ2v) is 5.21. The van der Waals surface area contributed by atoms with Crippen LogP contribution in [0.15, 0.2) is 17.5 Å². The zero-order valence-electron chi connectivity index (χ0n) is 11.0. The SMILES string of the molecule is CC(=O)Nc1nc(-c2cc(F)c(C)c(C(F)(F)F)c2)cs1. The highest BCUT2D eigenvalue weighted by Gasteiger charge is 2.34. The second-order valence-electron chi connectivity index (χ2n) is 4.35. The van der Waals surface area contributed by atoms with E-state index in [1.807, 2.05) is 0 Å². The minimum atomic E-state index is -4.64. The summed E-state index contributed by atoms with van der Waals surface area (Å²) >= 11 is 1.05. The summed E-state index contributed by atoms with van der Waals surface area (Å²) in [6.45, 7) is 2.36. The van der Waals surface area contributed by atoms with Gasteiger partial charge >= 0.3 is 6.18 Å². The first-order chi connectivity index (χ1) is 9.68. The molecule has 0 unspecified atom stereocenters. The van der Waals surface area contributed by atoms with E-state index in [9.17, 15) is 22.4 Å². The monoisotopic (exact) mass is 318 g/mol. The molecule has 0 bridgehead atoms. The molecule has 8 heteroatoms. The van der Waals surface area contributed by atoms with Crippen molar-refractivity contribution in [1.29, 1.82) is 0 Å². The number of carbonyl (C=O) groups excluding carboxylic acids is 1. The Balaban J connectivity index is 2.47. The first-order valence-corrected chi connectivity index (χ1v) is 6.67. The Hall–Kier alpha value is -1.96. The van der Waals surface area contributed by atoms with Crippen molar-refractivity contribution in [3.8, 4) is 11.3 Å². The molecular weight excluding hydrogens is 308 g/mol. The van der Waals surface area contributed by atoms with Crippen LogP contribution in [0.2, 0.25) is 0 Å². The number of alkyl halides is 3. The van der Waals surface area contributed by atoms with E-state index in [1.54, 1.807) is 0 Å². The molecular formula is C13H10F4N2OS. The van der Waals surface area contributed by atoms with Crippen LogP contribution in [0.5, 0.6) is 0 Å². The topological polar surface area (TPSA) is 42.0 Å². The van der Waals surface area contributed by atoms with E-state index in [0.717, 1.165) is 30.4 Å². The van der Waals surface area contributed by atoms with Crippen LogP contribution in [-0.4, -0.2) is 10.9 Å². The molecule has 0 saturated carbocycles. The Morgan fingerprint density at radius 2 is 2.00 bits per heavy atom. The molecule has 21 heavy (non-hydrogen) atoms. The number of carbonyl (C=O) groups is 1. The average molecular weight is 318 g/mol. The smallest absolute Gasteiger partial charge is 0.302 e. The maximum absolute atomic E-state index is 13.7. The number of anilines is 1. The Kier molecular flexibility index (Phi) is 3.99. The third kappa shape index (κ3) is 3.38. The van der Waals surface area contributed by atoms with E-state index in [2.05, 4.69) is 10.3 Å². The van der Waals surface area contributed by atoms with Crippen LogP contribution in [0.1, 0.15) is 18.1 Å². The quantitative estimate of drug-likeness (QED) is 0.842. The van der Waals surface area contributed by atoms with Crippen LogP contribution in [0, 0.1) is 12.7 Å². The summed E-state index contributed by atoms with van der Waals surface area (Å²) in [7, 11) is 0. The predicted octanol–water partition coefficient (Wildman–Crippen LogP) is 4.23. The first-order valence-electron chi connectivity index (χ1n) is 5.79. The normalized spacial score (nSPS) is 11.5. The van der Waals surface area contributed by atoms with Crippen molar-refractivity contribution in [3.63, 3.8) is 0 Å². The summed E-state index contributed by atoms with van der Waals surface area (Å²) in [4.78, 5) is 14.9. The maximum atomic E-state index is 13.7. The summed E-state index contributed by atoms with van der Waals surface area (Å²) in [5.41, 5.74) is -1.30. The van der Waals surface area contributed by atoms with Gasteiger partial charge in [0.05, 0.1) is 11.3 Å². The minimum Gasteiger partial charge on any atom is -0.302 e. The summed E-state index contributed by atoms with van der Waals surface area (Å²) in [5, 5.41) is 4.11. The van der Waals surface area contributed by atoms with Crippen LogP contribution in [0.4, 0.5) is 22.7 Å². The molecule has 1 aromatic carbocycles. The fourth-order valence-electron chi connectivity index (χ4n) is 1.74. The molecule has 112 valence electrons. The lowest BCUT2D eigenvalue weighted by Crippen LogP contribution is -2.09. The van der Waals surface area contributed by atoms with Gasteiger partial charge in [-0.15, -0.1) is 11.3 Å². The summed E-state index contributed by atoms with van der Waals surface area (Å²) in [6.07, 6.45) is -4.64. The number of nitrogens with zero attached hydrogens (tertiary/aromatic N) is 1. The molecule has 0 aliphatic carbocycles. The van der Waals surface area contributed by atoms with Crippen molar-refractivity contribution in [2.75, 3.05) is 5.32 Å². The van der Waals surface area contributed by atoms with Gasteiger partial charge in [-0.1, -0.05) is 0 Å². The number of hydrogen-bond donors (Lipinski definition) is 1. The largest absolute Gasteiger partial charge is 0.416 e. The zero-order valence-corrected chi connectivity index (χ0v) is 11.8. The van der Waals surface area contributed by atoms with Gasteiger partial charge < -0.3 is 5.32 Å². The van der Waals surface area contributed by atoms with Crippen molar-refractivity contribution in [3.05, 3.63) is 34.5 Å². The Bertz CT molecular complexity index is 694. The number of hydrogen-bond acceptors (Lipinski definition) is 3. The number of rotatable bonds is 2. The van der Waals surface area contributed by atoms with Gasteiger partial charge in [0.15, 0.2) is 5.13 Å². The van der Waals surface area contributed by atoms with Crippen molar-refractivity contribution >= 4 is 22.4 Å². The number of amides is 1. The lowest BCUT2D eigenvalue weighted by molar-refractivity contribution is -0.138. The van der Waals surface area contributed by atoms with Crippen LogP contribution >= 0.6 is 11.3 Å². The third-order valence-corrected chi connectivity index (χ3v) is 3.49. The van der Waals surface area contributed by atoms with Crippen LogP contribution in [-0.2, 0) is 11.0 Å². The molecule has 0 atom stereocenters. The van der Waals surface area contributed by atoms with Gasteiger partial charge in [0.1, 0.15) is 5.82 Å². The predicted molar refractivity (Wildman–Crippen MR) is 71.6 cm³/mol. The van der Waals surface area contributed by atoms with E-state index >= 15 is 0 Å².